The van der Waals surface area contributed by atoms with Crippen molar-refractivity contribution in [2.45, 2.75) is 39.1 Å². The number of aromatic nitrogens is 4. The van der Waals surface area contributed by atoms with Gasteiger partial charge in [0.25, 0.3) is 0 Å². The predicted octanol–water partition coefficient (Wildman–Crippen LogP) is 9.83. The maximum absolute atomic E-state index is 14.4. The van der Waals surface area contributed by atoms with Gasteiger partial charge in [0.1, 0.15) is 54.9 Å². The van der Waals surface area contributed by atoms with Crippen molar-refractivity contribution in [2.24, 2.45) is 0 Å². The molecule has 352 valence electrons. The fourth-order valence-corrected chi connectivity index (χ4v) is 11.0. The van der Waals surface area contributed by atoms with Gasteiger partial charge in [-0.1, -0.05) is 59.6 Å². The first-order chi connectivity index (χ1) is 32.6. The van der Waals surface area contributed by atoms with Crippen LogP contribution in [-0.4, -0.2) is 113 Å². The van der Waals surface area contributed by atoms with Gasteiger partial charge in [-0.05, 0) is 92.9 Å². The van der Waals surface area contributed by atoms with Gasteiger partial charge in [-0.2, -0.15) is 0 Å². The van der Waals surface area contributed by atoms with Gasteiger partial charge in [0.2, 0.25) is 12.0 Å². The molecule has 3 aliphatic heterocycles. The summed E-state index contributed by atoms with van der Waals surface area (Å²) in [7, 11) is -0.347. The summed E-state index contributed by atoms with van der Waals surface area (Å²) in [5, 5.41) is 12.7. The third-order valence-corrected chi connectivity index (χ3v) is 15.8. The van der Waals surface area contributed by atoms with Crippen LogP contribution in [0.4, 0.5) is 4.39 Å². The number of rotatable bonds is 9. The first kappa shape index (κ1) is 47.4. The molecule has 4 bridgehead atoms. The number of halogens is 3. The maximum Gasteiger partial charge on any atom is 0.345 e. The van der Waals surface area contributed by atoms with E-state index in [9.17, 15) is 18.9 Å². The van der Waals surface area contributed by atoms with Crippen LogP contribution in [0.25, 0.3) is 43.2 Å². The van der Waals surface area contributed by atoms with Gasteiger partial charge < -0.3 is 33.5 Å². The van der Waals surface area contributed by atoms with Gasteiger partial charge >= 0.3 is 5.97 Å². The molecule has 6 heterocycles. The Hall–Kier alpha value is -5.67. The highest BCUT2D eigenvalue weighted by Gasteiger charge is 2.32. The van der Waals surface area contributed by atoms with Gasteiger partial charge in [0.15, 0.2) is 11.6 Å². The number of hydrogen-bond acceptors (Lipinski definition) is 13. The molecule has 1 N–H and O–H groups in total. The third-order valence-electron chi connectivity index (χ3n) is 12.2. The van der Waals surface area contributed by atoms with Crippen LogP contribution in [0, 0.1) is 19.7 Å². The minimum absolute atomic E-state index is 0.0158. The van der Waals surface area contributed by atoms with Gasteiger partial charge in [0, 0.05) is 72.2 Å². The Morgan fingerprint density at radius 3 is 2.31 bits per heavy atom. The zero-order chi connectivity index (χ0) is 47.9. The molecule has 0 amide bonds. The largest absolute Gasteiger partial charge is 0.490 e. The summed E-state index contributed by atoms with van der Waals surface area (Å²) >= 11 is 16.0. The van der Waals surface area contributed by atoms with Gasteiger partial charge in [-0.25, -0.2) is 29.1 Å². The molecular formula is C50H48Cl2FN6O7PS. The number of carboxylic acids is 1. The Labute approximate surface area is 407 Å². The Kier molecular flexibility index (Phi) is 13.8. The number of aliphatic carboxylic acids is 1. The number of ether oxygens (including phenoxy) is 4. The molecule has 1 fully saturated rings. The lowest BCUT2D eigenvalue weighted by molar-refractivity contribution is -0.145. The molecule has 0 saturated carbocycles. The topological polar surface area (TPSA) is 149 Å². The van der Waals surface area contributed by atoms with E-state index in [1.54, 1.807) is 55.9 Å². The van der Waals surface area contributed by atoms with Crippen molar-refractivity contribution in [1.82, 2.24) is 29.7 Å². The number of benzene rings is 4. The standard InChI is InChI=1S/C50H48Cl2FN6O7PS/c1-28-40-29(2)44(52)45(43(28)51)65-36(24-59-20-18-58(3)19-21-59)26-63-35-12-15-38(64-25-34-16-17-54-47(57-34)31-8-13-37(14-9-31)67(4,5)62)32(22-35)23-39(50(60)61)66-48-42-41(40)46(68-49(42)56-27-55-48)30-6-10-33(53)11-7-30/h6-17,22,27,36,39H,18-21,23-26H2,1-5H3,(H,60,61)/t36-,39-/m1/s1. The van der Waals surface area contributed by atoms with E-state index >= 15 is 0 Å². The number of carbonyl (C=O) groups is 1. The zero-order valence-corrected chi connectivity index (χ0v) is 41.2. The summed E-state index contributed by atoms with van der Waals surface area (Å²) in [6.07, 6.45) is 0.774. The fourth-order valence-electron chi connectivity index (χ4n) is 8.45. The summed E-state index contributed by atoms with van der Waals surface area (Å²) in [5.41, 5.74) is 5.04. The molecule has 0 aliphatic carbocycles. The van der Waals surface area contributed by atoms with E-state index in [0.29, 0.717) is 83.8 Å². The van der Waals surface area contributed by atoms with Crippen molar-refractivity contribution in [3.05, 3.63) is 124 Å². The summed E-state index contributed by atoms with van der Waals surface area (Å²) in [5.74, 6) is -0.0385. The zero-order valence-electron chi connectivity index (χ0n) is 38.0. The van der Waals surface area contributed by atoms with E-state index < -0.39 is 31.1 Å². The molecule has 13 nitrogen and oxygen atoms in total. The Bertz CT molecular complexity index is 3050. The average molecular weight is 998 g/mol. The van der Waals surface area contributed by atoms with Gasteiger partial charge in [-0.15, -0.1) is 11.3 Å². The van der Waals surface area contributed by atoms with E-state index in [2.05, 4.69) is 31.8 Å². The number of likely N-dealkylation sites (N-methyl/N-ethyl adjacent to an activating group) is 1. The van der Waals surface area contributed by atoms with Crippen LogP contribution < -0.4 is 24.3 Å². The van der Waals surface area contributed by atoms with Crippen molar-refractivity contribution in [3.63, 3.8) is 0 Å². The lowest BCUT2D eigenvalue weighted by Crippen LogP contribution is -2.49. The van der Waals surface area contributed by atoms with Crippen molar-refractivity contribution in [1.29, 1.82) is 0 Å². The third kappa shape index (κ3) is 10.1. The molecule has 3 aliphatic rings. The first-order valence-electron chi connectivity index (χ1n) is 22.0. The van der Waals surface area contributed by atoms with Crippen LogP contribution in [0.2, 0.25) is 10.0 Å². The number of hydrogen-bond donors (Lipinski definition) is 1. The summed E-state index contributed by atoms with van der Waals surface area (Å²) in [4.78, 5) is 37.5. The van der Waals surface area contributed by atoms with E-state index in [4.69, 9.17) is 47.1 Å². The second-order valence-electron chi connectivity index (χ2n) is 17.4. The molecule has 1 saturated heterocycles. The minimum atomic E-state index is -2.44. The molecule has 0 spiro atoms. The van der Waals surface area contributed by atoms with Gasteiger partial charge in [-0.3, -0.25) is 4.90 Å². The number of thiophene rings is 1. The molecule has 4 aromatic carbocycles. The normalized spacial score (nSPS) is 17.0. The van der Waals surface area contributed by atoms with Crippen molar-refractivity contribution >= 4 is 63.2 Å². The summed E-state index contributed by atoms with van der Waals surface area (Å²) < 4.78 is 53.3. The van der Waals surface area contributed by atoms with Crippen molar-refractivity contribution in [3.8, 4) is 56.1 Å². The van der Waals surface area contributed by atoms with E-state index in [1.165, 1.54) is 29.8 Å². The summed E-state index contributed by atoms with van der Waals surface area (Å²) in [6.45, 7) is 11.3. The Morgan fingerprint density at radius 2 is 1.62 bits per heavy atom. The molecule has 68 heavy (non-hydrogen) atoms. The SMILES string of the molecule is Cc1c(Cl)c2c(Cl)c(C)c1-c1c(-c3ccc(F)cc3)sc3ncnc(c13)O[C@@H](C(=O)O)Cc1cc(ccc1OCc1ccnc(-c3ccc(P(C)(C)=O)cc3)n1)OC[C@@H](CN1CCN(C)CC1)O2. The molecular weight excluding hydrogens is 950 g/mol. The van der Waals surface area contributed by atoms with Crippen molar-refractivity contribution in [2.75, 3.05) is 59.7 Å². The molecule has 7 aromatic rings. The van der Waals surface area contributed by atoms with Gasteiger partial charge in [0.05, 0.1) is 21.1 Å². The number of nitrogens with zero attached hydrogens (tertiary/aromatic N) is 6. The lowest BCUT2D eigenvalue weighted by Gasteiger charge is -2.35. The smallest absolute Gasteiger partial charge is 0.345 e. The second-order valence-corrected chi connectivity index (χ2v) is 22.4. The highest BCUT2D eigenvalue weighted by atomic mass is 35.5. The molecule has 0 unspecified atom stereocenters. The number of fused-ring (bicyclic) bond motifs is 7. The molecule has 18 heteroatoms. The van der Waals surface area contributed by atoms with Crippen molar-refractivity contribution < 1.29 is 37.8 Å². The molecule has 10 rings (SSSR count). The predicted molar refractivity (Wildman–Crippen MR) is 265 cm³/mol. The highest BCUT2D eigenvalue weighted by Crippen LogP contribution is 2.53. The second kappa shape index (κ2) is 19.7. The molecule has 0 radical (unpaired) electrons. The van der Waals surface area contributed by atoms with E-state index in [0.717, 1.165) is 37.0 Å². The Balaban J connectivity index is 1.14. The average Bonchev–Trinajstić information content (AvgIpc) is 3.71. The van der Waals surface area contributed by atoms with Crippen LogP contribution in [0.1, 0.15) is 22.4 Å². The van der Waals surface area contributed by atoms with Crippen LogP contribution in [0.3, 0.4) is 0 Å². The monoisotopic (exact) mass is 996 g/mol. The van der Waals surface area contributed by atoms with Crippen LogP contribution in [0.5, 0.6) is 23.1 Å². The molecule has 2 atom stereocenters. The fraction of sp³-hybridized carbons (Fsp3) is 0.300. The maximum atomic E-state index is 14.4. The van der Waals surface area contributed by atoms with Crippen LogP contribution in [0.15, 0.2) is 85.3 Å². The van der Waals surface area contributed by atoms with E-state index in [1.807, 2.05) is 38.1 Å². The minimum Gasteiger partial charge on any atom is -0.490 e. The number of piperazine rings is 1. The first-order valence-corrected chi connectivity index (χ1v) is 26.1. The number of carboxylic acid groups (broad SMARTS) is 1. The Morgan fingerprint density at radius 1 is 0.912 bits per heavy atom. The summed E-state index contributed by atoms with van der Waals surface area (Å²) in [6, 6.07) is 20.4. The quantitative estimate of drug-likeness (QED) is 0.137. The van der Waals surface area contributed by atoms with Crippen LogP contribution in [-0.2, 0) is 22.4 Å². The van der Waals surface area contributed by atoms with Crippen LogP contribution >= 0.6 is 41.7 Å². The molecule has 3 aromatic heterocycles. The lowest BCUT2D eigenvalue weighted by atomic mass is 9.92. The van der Waals surface area contributed by atoms with E-state index in [-0.39, 0.29) is 35.6 Å². The highest BCUT2D eigenvalue weighted by molar-refractivity contribution is 7.70.